The number of likely N-dealkylation sites (tertiary alicyclic amines) is 1. The van der Waals surface area contributed by atoms with Gasteiger partial charge in [-0.15, -0.1) is 0 Å². The first kappa shape index (κ1) is 18.0. The Balaban J connectivity index is 1.93. The summed E-state index contributed by atoms with van der Waals surface area (Å²) in [6, 6.07) is 7.75. The third-order valence-electron chi connectivity index (χ3n) is 4.39. The third kappa shape index (κ3) is 5.09. The molecular formula is C17H26ClN3O2. The number of amides is 2. The zero-order valence-corrected chi connectivity index (χ0v) is 14.6. The predicted octanol–water partition coefficient (Wildman–Crippen LogP) is 2.36. The van der Waals surface area contributed by atoms with Crippen LogP contribution in [0.1, 0.15) is 24.4 Å². The molecule has 0 radical (unpaired) electrons. The molecule has 2 rings (SSSR count). The van der Waals surface area contributed by atoms with E-state index >= 15 is 0 Å². The SMILES string of the molecule is CN(C)C(CNC(=O)N1CCCC(CO)C1)c1ccc(Cl)cc1. The normalized spacial score (nSPS) is 19.7. The molecule has 2 amide bonds. The van der Waals surface area contributed by atoms with Gasteiger partial charge in [0.05, 0.1) is 6.04 Å². The van der Waals surface area contributed by atoms with E-state index in [4.69, 9.17) is 11.6 Å². The van der Waals surface area contributed by atoms with Crippen LogP contribution in [0.15, 0.2) is 24.3 Å². The highest BCUT2D eigenvalue weighted by atomic mass is 35.5. The van der Waals surface area contributed by atoms with Crippen molar-refractivity contribution >= 4 is 17.6 Å². The summed E-state index contributed by atoms with van der Waals surface area (Å²) in [5.41, 5.74) is 1.12. The van der Waals surface area contributed by atoms with Crippen LogP contribution in [0.25, 0.3) is 0 Å². The minimum absolute atomic E-state index is 0.0519. The fraction of sp³-hybridized carbons (Fsp3) is 0.588. The van der Waals surface area contributed by atoms with Crippen LogP contribution in [-0.2, 0) is 0 Å². The summed E-state index contributed by atoms with van der Waals surface area (Å²) >= 11 is 5.94. The quantitative estimate of drug-likeness (QED) is 0.866. The lowest BCUT2D eigenvalue weighted by molar-refractivity contribution is 0.128. The number of piperidine rings is 1. The second kappa shape index (κ2) is 8.52. The fourth-order valence-electron chi connectivity index (χ4n) is 2.98. The number of urea groups is 1. The van der Waals surface area contributed by atoms with E-state index in [9.17, 15) is 9.90 Å². The molecule has 0 saturated carbocycles. The first-order chi connectivity index (χ1) is 11.0. The number of likely N-dealkylation sites (N-methyl/N-ethyl adjacent to an activating group) is 1. The first-order valence-corrected chi connectivity index (χ1v) is 8.44. The van der Waals surface area contributed by atoms with E-state index in [2.05, 4.69) is 10.2 Å². The molecule has 0 bridgehead atoms. The molecule has 2 N–H and O–H groups in total. The molecule has 1 aliphatic rings. The van der Waals surface area contributed by atoms with E-state index in [1.165, 1.54) is 0 Å². The zero-order valence-electron chi connectivity index (χ0n) is 13.8. The molecule has 23 heavy (non-hydrogen) atoms. The van der Waals surface area contributed by atoms with E-state index in [1.807, 2.05) is 38.4 Å². The van der Waals surface area contributed by atoms with E-state index < -0.39 is 0 Å². The van der Waals surface area contributed by atoms with E-state index in [-0.39, 0.29) is 24.6 Å². The molecule has 1 aromatic carbocycles. The number of benzene rings is 1. The minimum Gasteiger partial charge on any atom is -0.396 e. The Labute approximate surface area is 143 Å². The van der Waals surface area contributed by atoms with Crippen LogP contribution in [-0.4, -0.2) is 61.3 Å². The van der Waals surface area contributed by atoms with Gasteiger partial charge in [-0.3, -0.25) is 0 Å². The second-order valence-corrected chi connectivity index (χ2v) is 6.79. The number of aliphatic hydroxyl groups is 1. The molecular weight excluding hydrogens is 314 g/mol. The van der Waals surface area contributed by atoms with Crippen molar-refractivity contribution in [2.24, 2.45) is 5.92 Å². The lowest BCUT2D eigenvalue weighted by atomic mass is 9.99. The largest absolute Gasteiger partial charge is 0.396 e. The Kier molecular flexibility index (Phi) is 6.69. The highest BCUT2D eigenvalue weighted by Crippen LogP contribution is 2.20. The number of halogens is 1. The second-order valence-electron chi connectivity index (χ2n) is 6.35. The number of nitrogens with one attached hydrogen (secondary N) is 1. The van der Waals surface area contributed by atoms with Gasteiger partial charge >= 0.3 is 6.03 Å². The maximum absolute atomic E-state index is 12.4. The molecule has 0 aliphatic carbocycles. The molecule has 1 aromatic rings. The smallest absolute Gasteiger partial charge is 0.317 e. The van der Waals surface area contributed by atoms with Crippen LogP contribution in [0.2, 0.25) is 5.02 Å². The third-order valence-corrected chi connectivity index (χ3v) is 4.64. The summed E-state index contributed by atoms with van der Waals surface area (Å²) in [5, 5.41) is 13.0. The monoisotopic (exact) mass is 339 g/mol. The number of carbonyl (C=O) groups is 1. The fourth-order valence-corrected chi connectivity index (χ4v) is 3.10. The Morgan fingerprint density at radius 2 is 2.13 bits per heavy atom. The van der Waals surface area contributed by atoms with Crippen molar-refractivity contribution in [2.45, 2.75) is 18.9 Å². The topological polar surface area (TPSA) is 55.8 Å². The molecule has 2 atom stereocenters. The van der Waals surface area contributed by atoms with Crippen LogP contribution < -0.4 is 5.32 Å². The lowest BCUT2D eigenvalue weighted by Gasteiger charge is -2.33. The standard InChI is InChI=1S/C17H26ClN3O2/c1-20(2)16(14-5-7-15(18)8-6-14)10-19-17(23)21-9-3-4-13(11-21)12-22/h5-8,13,16,22H,3-4,9-12H2,1-2H3,(H,19,23). The molecule has 1 heterocycles. The van der Waals surface area contributed by atoms with Gasteiger partial charge in [0, 0.05) is 31.3 Å². The Morgan fingerprint density at radius 3 is 2.74 bits per heavy atom. The minimum atomic E-state index is -0.0519. The van der Waals surface area contributed by atoms with E-state index in [1.54, 1.807) is 4.90 Å². The van der Waals surface area contributed by atoms with Gasteiger partial charge in [0.1, 0.15) is 0 Å². The van der Waals surface area contributed by atoms with Gasteiger partial charge in [0.2, 0.25) is 0 Å². The lowest BCUT2D eigenvalue weighted by Crippen LogP contribution is -2.47. The van der Waals surface area contributed by atoms with Crippen molar-refractivity contribution in [2.75, 3.05) is 40.3 Å². The molecule has 5 nitrogen and oxygen atoms in total. The van der Waals surface area contributed by atoms with Crippen molar-refractivity contribution in [3.8, 4) is 0 Å². The Bertz CT molecular complexity index is 507. The Hall–Kier alpha value is -1.30. The van der Waals surface area contributed by atoms with Crippen LogP contribution in [0.3, 0.4) is 0 Å². The van der Waals surface area contributed by atoms with Crippen molar-refractivity contribution in [3.05, 3.63) is 34.9 Å². The predicted molar refractivity (Wildman–Crippen MR) is 92.7 cm³/mol. The van der Waals surface area contributed by atoms with Gasteiger partial charge < -0.3 is 20.2 Å². The molecule has 0 spiro atoms. The van der Waals surface area contributed by atoms with E-state index in [0.29, 0.717) is 18.1 Å². The zero-order chi connectivity index (χ0) is 16.8. The number of hydrogen-bond acceptors (Lipinski definition) is 3. The molecule has 0 aromatic heterocycles. The number of aliphatic hydroxyl groups excluding tert-OH is 1. The first-order valence-electron chi connectivity index (χ1n) is 8.06. The molecule has 6 heteroatoms. The molecule has 1 fully saturated rings. The van der Waals surface area contributed by atoms with Gasteiger partial charge in [0.25, 0.3) is 0 Å². The van der Waals surface area contributed by atoms with Gasteiger partial charge in [-0.05, 0) is 50.6 Å². The highest BCUT2D eigenvalue weighted by Gasteiger charge is 2.24. The average Bonchev–Trinajstić information content (AvgIpc) is 2.56. The summed E-state index contributed by atoms with van der Waals surface area (Å²) in [5.74, 6) is 0.204. The molecule has 1 saturated heterocycles. The van der Waals surface area contributed by atoms with Gasteiger partial charge in [0.15, 0.2) is 0 Å². The van der Waals surface area contributed by atoms with Crippen molar-refractivity contribution in [3.63, 3.8) is 0 Å². The van der Waals surface area contributed by atoms with Gasteiger partial charge in [-0.25, -0.2) is 4.79 Å². The summed E-state index contributed by atoms with van der Waals surface area (Å²) in [7, 11) is 3.99. The molecule has 2 unspecified atom stereocenters. The van der Waals surface area contributed by atoms with Crippen LogP contribution in [0.5, 0.6) is 0 Å². The number of carbonyl (C=O) groups excluding carboxylic acids is 1. The summed E-state index contributed by atoms with van der Waals surface area (Å²) in [6.45, 7) is 2.08. The van der Waals surface area contributed by atoms with Crippen molar-refractivity contribution in [1.29, 1.82) is 0 Å². The Morgan fingerprint density at radius 1 is 1.43 bits per heavy atom. The summed E-state index contributed by atoms with van der Waals surface area (Å²) in [6.07, 6.45) is 1.94. The van der Waals surface area contributed by atoms with Crippen LogP contribution in [0.4, 0.5) is 4.79 Å². The highest BCUT2D eigenvalue weighted by molar-refractivity contribution is 6.30. The number of rotatable bonds is 5. The summed E-state index contributed by atoms with van der Waals surface area (Å²) < 4.78 is 0. The average molecular weight is 340 g/mol. The number of nitrogens with zero attached hydrogens (tertiary/aromatic N) is 2. The molecule has 1 aliphatic heterocycles. The van der Waals surface area contributed by atoms with Gasteiger partial charge in [-0.1, -0.05) is 23.7 Å². The van der Waals surface area contributed by atoms with Gasteiger partial charge in [-0.2, -0.15) is 0 Å². The van der Waals surface area contributed by atoms with Crippen molar-refractivity contribution in [1.82, 2.24) is 15.1 Å². The maximum Gasteiger partial charge on any atom is 0.317 e. The number of hydrogen-bond donors (Lipinski definition) is 2. The van der Waals surface area contributed by atoms with Crippen LogP contribution >= 0.6 is 11.6 Å². The summed E-state index contributed by atoms with van der Waals surface area (Å²) in [4.78, 5) is 16.2. The van der Waals surface area contributed by atoms with E-state index in [0.717, 1.165) is 24.9 Å². The molecule has 128 valence electrons. The van der Waals surface area contributed by atoms with Crippen molar-refractivity contribution < 1.29 is 9.90 Å². The van der Waals surface area contributed by atoms with Crippen LogP contribution in [0, 0.1) is 5.92 Å². The maximum atomic E-state index is 12.4.